The normalized spacial score (nSPS) is 19.1. The number of hydrogen-bond donors (Lipinski definition) is 0. The average Bonchev–Trinajstić information content (AvgIpc) is 2.64. The molecule has 1 aromatic heterocycles. The van der Waals surface area contributed by atoms with Crippen LogP contribution < -0.4 is 11.1 Å². The van der Waals surface area contributed by atoms with Gasteiger partial charge in [0.1, 0.15) is 0 Å². The van der Waals surface area contributed by atoms with Crippen LogP contribution >= 0.6 is 0 Å². The van der Waals surface area contributed by atoms with Gasteiger partial charge < -0.3 is 4.74 Å². The molecule has 0 spiro atoms. The van der Waals surface area contributed by atoms with Crippen LogP contribution in [0.1, 0.15) is 19.0 Å². The molecule has 2 aromatic carbocycles. The Hall–Kier alpha value is -3.15. The second-order valence-corrected chi connectivity index (χ2v) is 6.14. The molecule has 0 saturated carbocycles. The molecule has 0 unspecified atom stereocenters. The van der Waals surface area contributed by atoms with Gasteiger partial charge in [0.05, 0.1) is 23.9 Å². The van der Waals surface area contributed by atoms with Crippen molar-refractivity contribution < 1.29 is 9.53 Å². The van der Waals surface area contributed by atoms with E-state index in [0.717, 1.165) is 10.8 Å². The molecule has 0 N–H and O–H groups in total. The molecule has 2 atom stereocenters. The summed E-state index contributed by atoms with van der Waals surface area (Å²) in [6.45, 7) is 1.80. The first-order valence-electron chi connectivity index (χ1n) is 7.99. The molecule has 0 bridgehead atoms. The number of hydrogen-bond acceptors (Lipinski definition) is 4. The van der Waals surface area contributed by atoms with Crippen LogP contribution in [0.4, 0.5) is 0 Å². The van der Waals surface area contributed by atoms with Crippen molar-refractivity contribution in [1.29, 1.82) is 0 Å². The van der Waals surface area contributed by atoms with Gasteiger partial charge in [-0.05, 0) is 29.8 Å². The summed E-state index contributed by atoms with van der Waals surface area (Å²) in [6, 6.07) is 9.70. The molecule has 0 saturated heterocycles. The third-order valence-corrected chi connectivity index (χ3v) is 4.66. The largest absolute Gasteiger partial charge is 0.467 e. The van der Waals surface area contributed by atoms with Crippen LogP contribution in [-0.4, -0.2) is 22.4 Å². The minimum absolute atomic E-state index is 0.300. The van der Waals surface area contributed by atoms with Crippen molar-refractivity contribution in [3.63, 3.8) is 0 Å². The third kappa shape index (κ3) is 2.14. The summed E-state index contributed by atoms with van der Waals surface area (Å²) in [6.07, 6.45) is 3.33. The van der Waals surface area contributed by atoms with Gasteiger partial charge in [-0.25, -0.2) is 14.2 Å². The van der Waals surface area contributed by atoms with Crippen molar-refractivity contribution >= 4 is 27.5 Å². The lowest BCUT2D eigenvalue weighted by molar-refractivity contribution is -0.143. The Morgan fingerprint density at radius 2 is 1.52 bits per heavy atom. The van der Waals surface area contributed by atoms with Crippen molar-refractivity contribution in [2.75, 3.05) is 7.11 Å². The fourth-order valence-corrected chi connectivity index (χ4v) is 3.41. The van der Waals surface area contributed by atoms with Gasteiger partial charge in [0.15, 0.2) is 6.04 Å². The van der Waals surface area contributed by atoms with Gasteiger partial charge in [0, 0.05) is 0 Å². The summed E-state index contributed by atoms with van der Waals surface area (Å²) < 4.78 is 7.33. The van der Waals surface area contributed by atoms with E-state index < -0.39 is 12.0 Å². The molecule has 0 fully saturated rings. The predicted molar refractivity (Wildman–Crippen MR) is 94.9 cm³/mol. The number of esters is 1. The lowest BCUT2D eigenvalue weighted by atomic mass is 10.0. The number of benzene rings is 2. The van der Waals surface area contributed by atoms with Crippen molar-refractivity contribution in [2.24, 2.45) is 0 Å². The number of rotatable bonds is 1. The van der Waals surface area contributed by atoms with Gasteiger partial charge in [-0.2, -0.15) is 0 Å². The monoisotopic (exact) mass is 336 g/mol. The maximum Gasteiger partial charge on any atom is 0.334 e. The van der Waals surface area contributed by atoms with Crippen molar-refractivity contribution in [2.45, 2.75) is 19.0 Å². The molecule has 126 valence electrons. The van der Waals surface area contributed by atoms with Gasteiger partial charge in [-0.3, -0.25) is 9.59 Å². The molecule has 6 nitrogen and oxygen atoms in total. The first kappa shape index (κ1) is 15.4. The number of ether oxygens (including phenoxy) is 1. The SMILES string of the molecule is COC(=O)[C@H]1C=C[C@@H](C)n2c(=O)c3cc4ccccc4cc3c(=O)n21. The molecule has 25 heavy (non-hydrogen) atoms. The predicted octanol–water partition coefficient (Wildman–Crippen LogP) is 2.16. The van der Waals surface area contributed by atoms with E-state index in [9.17, 15) is 14.4 Å². The van der Waals surface area contributed by atoms with Gasteiger partial charge in [0.25, 0.3) is 11.1 Å². The minimum atomic E-state index is -0.947. The Bertz CT molecular complexity index is 1170. The van der Waals surface area contributed by atoms with E-state index in [2.05, 4.69) is 0 Å². The van der Waals surface area contributed by atoms with E-state index in [4.69, 9.17) is 4.74 Å². The van der Waals surface area contributed by atoms with Crippen LogP contribution in [0.5, 0.6) is 0 Å². The van der Waals surface area contributed by atoms with Crippen molar-refractivity contribution in [3.8, 4) is 0 Å². The summed E-state index contributed by atoms with van der Waals surface area (Å²) in [4.78, 5) is 38.3. The summed E-state index contributed by atoms with van der Waals surface area (Å²) >= 11 is 0. The Morgan fingerprint density at radius 3 is 2.08 bits per heavy atom. The topological polar surface area (TPSA) is 70.3 Å². The molecular formula is C19H16N2O4. The lowest BCUT2D eigenvalue weighted by Gasteiger charge is -2.27. The molecule has 0 aliphatic carbocycles. The quantitative estimate of drug-likeness (QED) is 0.388. The number of carbonyl (C=O) groups excluding carboxylic acids is 1. The van der Waals surface area contributed by atoms with Crippen LogP contribution in [0.2, 0.25) is 0 Å². The Labute approximate surface area is 142 Å². The van der Waals surface area contributed by atoms with Crippen molar-refractivity contribution in [3.05, 3.63) is 69.3 Å². The van der Waals surface area contributed by atoms with Crippen molar-refractivity contribution in [1.82, 2.24) is 9.36 Å². The summed E-state index contributed by atoms with van der Waals surface area (Å²) in [5.41, 5.74) is -0.682. The molecule has 0 radical (unpaired) electrons. The number of aromatic nitrogens is 2. The zero-order valence-corrected chi connectivity index (χ0v) is 13.8. The highest BCUT2D eigenvalue weighted by Crippen LogP contribution is 2.23. The highest BCUT2D eigenvalue weighted by atomic mass is 16.5. The van der Waals surface area contributed by atoms with Gasteiger partial charge >= 0.3 is 5.97 Å². The summed E-state index contributed by atoms with van der Waals surface area (Å²) in [7, 11) is 1.26. The number of methoxy groups -OCH3 is 1. The Balaban J connectivity index is 2.17. The van der Waals surface area contributed by atoms with E-state index in [1.807, 2.05) is 24.3 Å². The number of fused-ring (bicyclic) bond motifs is 3. The molecule has 6 heteroatoms. The second kappa shape index (κ2) is 5.44. The molecular weight excluding hydrogens is 320 g/mol. The van der Waals surface area contributed by atoms with E-state index in [-0.39, 0.29) is 17.2 Å². The first-order chi connectivity index (χ1) is 12.0. The smallest absolute Gasteiger partial charge is 0.334 e. The van der Waals surface area contributed by atoms with Gasteiger partial charge in [-0.1, -0.05) is 36.4 Å². The van der Waals surface area contributed by atoms with Crippen LogP contribution in [0.15, 0.2) is 58.1 Å². The number of nitrogens with zero attached hydrogens (tertiary/aromatic N) is 2. The summed E-state index contributed by atoms with van der Waals surface area (Å²) in [5.74, 6) is -0.585. The average molecular weight is 336 g/mol. The van der Waals surface area contributed by atoms with Crippen LogP contribution in [0.25, 0.3) is 21.5 Å². The van der Waals surface area contributed by atoms with E-state index in [0.29, 0.717) is 10.8 Å². The number of allylic oxidation sites excluding steroid dienone is 1. The lowest BCUT2D eigenvalue weighted by Crippen LogP contribution is -2.45. The molecule has 0 amide bonds. The van der Waals surface area contributed by atoms with Gasteiger partial charge in [0.2, 0.25) is 0 Å². The highest BCUT2D eigenvalue weighted by Gasteiger charge is 2.29. The first-order valence-corrected chi connectivity index (χ1v) is 7.99. The third-order valence-electron chi connectivity index (χ3n) is 4.66. The van der Waals surface area contributed by atoms with Crippen LogP contribution in [-0.2, 0) is 9.53 Å². The summed E-state index contributed by atoms with van der Waals surface area (Å²) in [5, 5.41) is 2.41. The minimum Gasteiger partial charge on any atom is -0.467 e. The number of carbonyl (C=O) groups is 1. The standard InChI is InChI=1S/C19H16N2O4/c1-11-7-8-16(19(24)25-2)21-18(23)15-10-13-6-4-3-5-12(13)9-14(15)17(22)20(11)21/h3-11,16H,1-2H3/t11-,16-/m1/s1. The molecule has 3 aromatic rings. The fourth-order valence-electron chi connectivity index (χ4n) is 3.41. The Morgan fingerprint density at radius 1 is 0.960 bits per heavy atom. The zero-order valence-electron chi connectivity index (χ0n) is 13.8. The molecule has 1 aliphatic heterocycles. The van der Waals surface area contributed by atoms with E-state index in [1.54, 1.807) is 31.2 Å². The molecule has 2 heterocycles. The maximum atomic E-state index is 13.1. The van der Waals surface area contributed by atoms with E-state index in [1.165, 1.54) is 16.5 Å². The highest BCUT2D eigenvalue weighted by molar-refractivity contribution is 5.97. The van der Waals surface area contributed by atoms with E-state index >= 15 is 0 Å². The zero-order chi connectivity index (χ0) is 17.7. The van der Waals surface area contributed by atoms with Crippen LogP contribution in [0.3, 0.4) is 0 Å². The van der Waals surface area contributed by atoms with Crippen LogP contribution in [0, 0.1) is 0 Å². The Kier molecular flexibility index (Phi) is 3.35. The van der Waals surface area contributed by atoms with Gasteiger partial charge in [-0.15, -0.1) is 0 Å². The maximum absolute atomic E-state index is 13.1. The fraction of sp³-hybridized carbons (Fsp3) is 0.211. The molecule has 1 aliphatic rings. The molecule has 4 rings (SSSR count). The second-order valence-electron chi connectivity index (χ2n) is 6.14.